The Morgan fingerprint density at radius 2 is 1.75 bits per heavy atom. The molecule has 0 N–H and O–H groups in total. The van der Waals surface area contributed by atoms with Crippen molar-refractivity contribution < 1.29 is 55.8 Å². The van der Waals surface area contributed by atoms with E-state index in [1.807, 2.05) is 0 Å². The predicted molar refractivity (Wildman–Crippen MR) is 35.4 cm³/mol. The molecule has 0 heterocycles. The van der Waals surface area contributed by atoms with Crippen LogP contribution in [0.2, 0.25) is 0 Å². The van der Waals surface area contributed by atoms with Crippen LogP contribution < -0.4 is 37.2 Å². The summed E-state index contributed by atoms with van der Waals surface area (Å²) in [5.41, 5.74) is 1.37. The summed E-state index contributed by atoms with van der Waals surface area (Å²) in [6.07, 6.45) is 8.59. The fourth-order valence-electron chi connectivity index (χ4n) is 0.818. The van der Waals surface area contributed by atoms with Gasteiger partial charge in [0.1, 0.15) is 0 Å². The first-order valence-corrected chi connectivity index (χ1v) is 3.08. The Bertz CT molecular complexity index is 141. The summed E-state index contributed by atoms with van der Waals surface area (Å²) in [4.78, 5) is 0. The van der Waals surface area contributed by atoms with Crippen LogP contribution in [-0.4, -0.2) is 0 Å². The summed E-state index contributed by atoms with van der Waals surface area (Å²) in [6.45, 7) is 4.38. The maximum Gasteiger partial charge on any atom is 4.00 e. The topological polar surface area (TPSA) is 0 Å². The molecule has 0 aliphatic heterocycles. The van der Waals surface area contributed by atoms with Gasteiger partial charge in [-0.25, -0.2) is 11.6 Å². The summed E-state index contributed by atoms with van der Waals surface area (Å²) in [7, 11) is 0. The fraction of sp³-hybridized carbons (Fsp3) is 0.500. The maximum absolute atomic E-state index is 3.26. The van der Waals surface area contributed by atoms with Crippen LogP contribution in [0.1, 0.15) is 20.3 Å². The van der Waals surface area contributed by atoms with Gasteiger partial charge >= 0.3 is 18.6 Å². The molecule has 0 saturated heterocycles. The molecule has 0 atom stereocenters. The Morgan fingerprint density at radius 3 is 1.92 bits per heavy atom. The second kappa shape index (κ2) is 11.9. The molecule has 1 aliphatic rings. The van der Waals surface area contributed by atoms with Gasteiger partial charge in [-0.3, -0.25) is 6.08 Å². The van der Waals surface area contributed by atoms with Crippen molar-refractivity contribution in [3.05, 3.63) is 23.8 Å². The number of allylic oxidation sites excluding steroid dienone is 4. The number of rotatable bonds is 1. The molecule has 0 bridgehead atoms. The van der Waals surface area contributed by atoms with Gasteiger partial charge in [0.05, 0.1) is 0 Å². The minimum Gasteiger partial charge on any atom is -1.00 e. The standard InChI is InChI=1S/C8H11.3ClH.V/c1-7(2)8-5-3-4-6-8;;;;/h3,5,7H,4H2,1-2H3;3*1H;/q-1;;;;+4/p-3. The van der Waals surface area contributed by atoms with E-state index in [4.69, 9.17) is 0 Å². The summed E-state index contributed by atoms with van der Waals surface area (Å²) >= 11 is 0. The second-order valence-corrected chi connectivity index (χ2v) is 2.39. The predicted octanol–water partition coefficient (Wildman–Crippen LogP) is -6.66. The molecule has 1 rings (SSSR count). The van der Waals surface area contributed by atoms with Crippen LogP contribution in [0.25, 0.3) is 0 Å². The third kappa shape index (κ3) is 7.58. The van der Waals surface area contributed by atoms with Gasteiger partial charge in [-0.15, -0.1) is 6.42 Å². The molecule has 0 nitrogen and oxygen atoms in total. The molecular weight excluding hydrogens is 253 g/mol. The van der Waals surface area contributed by atoms with Crippen LogP contribution in [0.4, 0.5) is 0 Å². The van der Waals surface area contributed by atoms with Crippen LogP contribution >= 0.6 is 0 Å². The molecule has 0 saturated carbocycles. The molecule has 0 aromatic carbocycles. The minimum absolute atomic E-state index is 0. The first kappa shape index (κ1) is 23.1. The summed E-state index contributed by atoms with van der Waals surface area (Å²) in [6, 6.07) is 0. The van der Waals surface area contributed by atoms with Crippen molar-refractivity contribution in [2.45, 2.75) is 20.3 Å². The van der Waals surface area contributed by atoms with Gasteiger partial charge < -0.3 is 37.2 Å². The minimum atomic E-state index is 0. The molecule has 0 aromatic heterocycles. The van der Waals surface area contributed by atoms with E-state index in [-0.39, 0.29) is 55.8 Å². The van der Waals surface area contributed by atoms with Gasteiger partial charge in [-0.05, 0) is 0 Å². The second-order valence-electron chi connectivity index (χ2n) is 2.39. The molecule has 12 heavy (non-hydrogen) atoms. The Hall–Kier alpha value is 0.934. The van der Waals surface area contributed by atoms with E-state index >= 15 is 0 Å². The molecular formula is C8H11Cl3V. The van der Waals surface area contributed by atoms with E-state index < -0.39 is 0 Å². The van der Waals surface area contributed by atoms with Gasteiger partial charge in [0.25, 0.3) is 0 Å². The number of hydrogen-bond donors (Lipinski definition) is 0. The quantitative estimate of drug-likeness (QED) is 0.413. The number of hydrogen-bond acceptors (Lipinski definition) is 0. The smallest absolute Gasteiger partial charge is 1.00 e. The van der Waals surface area contributed by atoms with Crippen molar-refractivity contribution in [2.75, 3.05) is 0 Å². The average molecular weight is 264 g/mol. The van der Waals surface area contributed by atoms with Crippen LogP contribution in [0, 0.1) is 12.0 Å². The van der Waals surface area contributed by atoms with Crippen molar-refractivity contribution in [2.24, 2.45) is 5.92 Å². The zero-order chi connectivity index (χ0) is 5.98. The summed E-state index contributed by atoms with van der Waals surface area (Å²) in [5.74, 6) is 0.661. The van der Waals surface area contributed by atoms with Crippen molar-refractivity contribution in [1.82, 2.24) is 0 Å². The van der Waals surface area contributed by atoms with Gasteiger partial charge in [0.15, 0.2) is 0 Å². The Balaban J connectivity index is -0.0000000800. The molecule has 0 spiro atoms. The normalized spacial score (nSPS) is 11.8. The Labute approximate surface area is 105 Å². The molecule has 0 amide bonds. The largest absolute Gasteiger partial charge is 4.00 e. The third-order valence-electron chi connectivity index (χ3n) is 1.34. The third-order valence-corrected chi connectivity index (χ3v) is 1.34. The first-order valence-electron chi connectivity index (χ1n) is 3.08. The van der Waals surface area contributed by atoms with E-state index in [0.29, 0.717) is 5.92 Å². The van der Waals surface area contributed by atoms with Gasteiger partial charge in [-0.1, -0.05) is 19.8 Å². The van der Waals surface area contributed by atoms with Gasteiger partial charge in [-0.2, -0.15) is 6.08 Å². The van der Waals surface area contributed by atoms with Crippen LogP contribution in [0.15, 0.2) is 17.7 Å². The summed E-state index contributed by atoms with van der Waals surface area (Å²) < 4.78 is 0. The van der Waals surface area contributed by atoms with E-state index in [2.05, 4.69) is 32.1 Å². The Kier molecular flexibility index (Phi) is 23.0. The van der Waals surface area contributed by atoms with E-state index in [1.54, 1.807) is 0 Å². The van der Waals surface area contributed by atoms with Crippen LogP contribution in [0.3, 0.4) is 0 Å². The van der Waals surface area contributed by atoms with E-state index in [9.17, 15) is 0 Å². The Morgan fingerprint density at radius 1 is 1.25 bits per heavy atom. The monoisotopic (exact) mass is 263 g/mol. The molecule has 1 radical (unpaired) electrons. The van der Waals surface area contributed by atoms with Crippen LogP contribution in [-0.2, 0) is 18.6 Å². The summed E-state index contributed by atoms with van der Waals surface area (Å²) in [5, 5.41) is 0. The van der Waals surface area contributed by atoms with E-state index in [0.717, 1.165) is 6.42 Å². The molecule has 0 unspecified atom stereocenters. The SMILES string of the molecule is CC(C)C1=[C-]CC=C1.[Cl-].[Cl-].[Cl-].[V+4]. The average Bonchev–Trinajstić information content (AvgIpc) is 2.12. The van der Waals surface area contributed by atoms with Gasteiger partial charge in [0.2, 0.25) is 0 Å². The van der Waals surface area contributed by atoms with Crippen molar-refractivity contribution in [1.29, 1.82) is 0 Å². The zero-order valence-corrected chi connectivity index (χ0v) is 10.7. The zero-order valence-electron chi connectivity index (χ0n) is 7.02. The first-order chi connectivity index (χ1) is 3.80. The number of halogens is 3. The molecule has 0 fully saturated rings. The van der Waals surface area contributed by atoms with E-state index in [1.165, 1.54) is 5.57 Å². The van der Waals surface area contributed by atoms with Gasteiger partial charge in [0, 0.05) is 0 Å². The fourth-order valence-corrected chi connectivity index (χ4v) is 0.818. The van der Waals surface area contributed by atoms with Crippen molar-refractivity contribution in [3.63, 3.8) is 0 Å². The van der Waals surface area contributed by atoms with Crippen LogP contribution in [0.5, 0.6) is 0 Å². The van der Waals surface area contributed by atoms with Crippen molar-refractivity contribution in [3.8, 4) is 0 Å². The molecule has 0 aromatic rings. The van der Waals surface area contributed by atoms with Crippen molar-refractivity contribution >= 4 is 0 Å². The maximum atomic E-state index is 3.26. The molecule has 1 aliphatic carbocycles. The molecule has 69 valence electrons. The molecule has 4 heteroatoms.